The van der Waals surface area contributed by atoms with Crippen LogP contribution in [0.15, 0.2) is 36.9 Å². The zero-order chi connectivity index (χ0) is 24.6. The van der Waals surface area contributed by atoms with Crippen LogP contribution in [0.4, 0.5) is 5.69 Å². The second-order valence-corrected chi connectivity index (χ2v) is 10.4. The summed E-state index contributed by atoms with van der Waals surface area (Å²) < 4.78 is 11.7. The van der Waals surface area contributed by atoms with Crippen LogP contribution in [0.1, 0.15) is 19.8 Å². The third kappa shape index (κ3) is 3.96. The Morgan fingerprint density at radius 1 is 1.41 bits per heavy atom. The topological polar surface area (TPSA) is 96.4 Å². The fourth-order valence-corrected chi connectivity index (χ4v) is 6.69. The van der Waals surface area contributed by atoms with E-state index < -0.39 is 35.6 Å². The molecule has 3 aliphatic heterocycles. The second kappa shape index (κ2) is 9.97. The molecule has 1 unspecified atom stereocenters. The molecular formula is C24H28BrClN2O6. The molecule has 1 spiro atoms. The quantitative estimate of drug-likeness (QED) is 0.286. The molecule has 6 atom stereocenters. The van der Waals surface area contributed by atoms with Crippen LogP contribution >= 0.6 is 27.5 Å². The highest BCUT2D eigenvalue weighted by Gasteiger charge is 2.77. The van der Waals surface area contributed by atoms with Crippen LogP contribution < -0.4 is 4.90 Å². The van der Waals surface area contributed by atoms with Crippen molar-refractivity contribution >= 4 is 51.0 Å². The van der Waals surface area contributed by atoms with Crippen LogP contribution in [0.25, 0.3) is 0 Å². The number of rotatable bonds is 9. The third-order valence-electron chi connectivity index (χ3n) is 6.85. The van der Waals surface area contributed by atoms with Gasteiger partial charge in [-0.25, -0.2) is 0 Å². The van der Waals surface area contributed by atoms with Gasteiger partial charge in [0.15, 0.2) is 0 Å². The molecule has 184 valence electrons. The van der Waals surface area contributed by atoms with Gasteiger partial charge in [-0.15, -0.1) is 6.58 Å². The van der Waals surface area contributed by atoms with Crippen molar-refractivity contribution in [2.24, 2.45) is 11.8 Å². The number of hydrogen-bond acceptors (Lipinski definition) is 6. The van der Waals surface area contributed by atoms with Gasteiger partial charge in [0.25, 0.3) is 5.91 Å². The van der Waals surface area contributed by atoms with E-state index in [4.69, 9.17) is 21.1 Å². The minimum Gasteiger partial charge on any atom is -0.466 e. The van der Waals surface area contributed by atoms with Gasteiger partial charge in [0.2, 0.25) is 5.91 Å². The molecule has 0 aromatic heterocycles. The van der Waals surface area contributed by atoms with Crippen molar-refractivity contribution in [1.29, 1.82) is 0 Å². The van der Waals surface area contributed by atoms with Gasteiger partial charge in [-0.2, -0.15) is 0 Å². The Hall–Kier alpha value is -1.94. The number of halogens is 2. The Bertz CT molecular complexity index is 975. The van der Waals surface area contributed by atoms with E-state index in [1.54, 1.807) is 42.2 Å². The van der Waals surface area contributed by atoms with Gasteiger partial charge in [0.1, 0.15) is 11.6 Å². The molecule has 3 fully saturated rings. The summed E-state index contributed by atoms with van der Waals surface area (Å²) >= 11 is 9.66. The molecule has 10 heteroatoms. The number of hydrogen-bond donors (Lipinski definition) is 1. The maximum Gasteiger partial charge on any atom is 0.312 e. The predicted octanol–water partition coefficient (Wildman–Crippen LogP) is 2.55. The number of nitrogens with zero attached hydrogens (tertiary/aromatic N) is 2. The molecule has 1 aromatic rings. The Labute approximate surface area is 211 Å². The van der Waals surface area contributed by atoms with Crippen molar-refractivity contribution in [3.63, 3.8) is 0 Å². The zero-order valence-corrected chi connectivity index (χ0v) is 21.2. The molecule has 3 heterocycles. The lowest BCUT2D eigenvalue weighted by Gasteiger charge is -2.37. The van der Waals surface area contributed by atoms with Crippen LogP contribution in [0, 0.1) is 11.8 Å². The highest BCUT2D eigenvalue weighted by molar-refractivity contribution is 9.09. The first kappa shape index (κ1) is 25.2. The molecular weight excluding hydrogens is 528 g/mol. The summed E-state index contributed by atoms with van der Waals surface area (Å²) in [6, 6.07) is 5.88. The number of anilines is 1. The van der Waals surface area contributed by atoms with Crippen LogP contribution in [-0.2, 0) is 23.9 Å². The smallest absolute Gasteiger partial charge is 0.312 e. The lowest BCUT2D eigenvalue weighted by molar-refractivity contribution is -0.154. The lowest BCUT2D eigenvalue weighted by Crippen LogP contribution is -2.57. The van der Waals surface area contributed by atoms with Crippen molar-refractivity contribution in [3.8, 4) is 0 Å². The van der Waals surface area contributed by atoms with E-state index in [1.165, 1.54) is 4.90 Å². The maximum absolute atomic E-state index is 14.2. The number of benzene rings is 1. The number of amides is 2. The van der Waals surface area contributed by atoms with Gasteiger partial charge in [0.05, 0.1) is 24.5 Å². The molecule has 0 aliphatic carbocycles. The Balaban J connectivity index is 1.78. The fourth-order valence-electron chi connectivity index (χ4n) is 5.62. The van der Waals surface area contributed by atoms with Crippen LogP contribution in [0.3, 0.4) is 0 Å². The summed E-state index contributed by atoms with van der Waals surface area (Å²) in [5.74, 6) is -2.77. The maximum atomic E-state index is 14.2. The largest absolute Gasteiger partial charge is 0.466 e. The summed E-state index contributed by atoms with van der Waals surface area (Å²) in [4.78, 5) is 43.6. The summed E-state index contributed by atoms with van der Waals surface area (Å²) in [6.07, 6.45) is 1.74. The third-order valence-corrected chi connectivity index (χ3v) is 7.95. The van der Waals surface area contributed by atoms with E-state index in [-0.39, 0.29) is 42.9 Å². The van der Waals surface area contributed by atoms with Gasteiger partial charge < -0.3 is 24.4 Å². The Kier molecular flexibility index (Phi) is 7.38. The molecule has 1 N–H and O–H groups in total. The average Bonchev–Trinajstić information content (AvgIpc) is 3.40. The van der Waals surface area contributed by atoms with E-state index in [2.05, 4.69) is 22.5 Å². The SMILES string of the molecule is C=CCN(C(=O)[C@@H]1N(CCCO)C(=O)[C@H]2[C@H](C(=O)OCC)[C@H]3O[C@@]12CC3Br)c1ccc(Cl)cc1. The Morgan fingerprint density at radius 2 is 2.12 bits per heavy atom. The summed E-state index contributed by atoms with van der Waals surface area (Å²) in [5, 5.41) is 9.98. The number of likely N-dealkylation sites (tertiary alicyclic amines) is 1. The van der Waals surface area contributed by atoms with E-state index in [0.717, 1.165) is 0 Å². The standard InChI is InChI=1S/C24H28BrClN2O6/c1-3-10-27(15-8-6-14(26)7-9-15)22(31)20-24-13-16(25)19(34-24)17(23(32)33-4-2)18(24)21(30)28(20)11-5-12-29/h3,6-9,16-20,29H,1,4-5,10-13H2,2H3/t16?,17-,18+,19-,20-,24+/m0/s1. The molecule has 2 bridgehead atoms. The number of carbonyl (C=O) groups is 3. The molecule has 2 amide bonds. The molecule has 34 heavy (non-hydrogen) atoms. The van der Waals surface area contributed by atoms with E-state index in [0.29, 0.717) is 23.6 Å². The van der Waals surface area contributed by atoms with E-state index in [9.17, 15) is 19.5 Å². The molecule has 3 aliphatic rings. The summed E-state index contributed by atoms with van der Waals surface area (Å²) in [5.41, 5.74) is -0.570. The highest BCUT2D eigenvalue weighted by atomic mass is 79.9. The number of aliphatic hydroxyl groups is 1. The molecule has 0 radical (unpaired) electrons. The fraction of sp³-hybridized carbons (Fsp3) is 0.542. The van der Waals surface area contributed by atoms with Crippen molar-refractivity contribution < 1.29 is 29.0 Å². The van der Waals surface area contributed by atoms with E-state index >= 15 is 0 Å². The molecule has 1 aromatic carbocycles. The van der Waals surface area contributed by atoms with Gasteiger partial charge in [-0.3, -0.25) is 14.4 Å². The molecule has 0 saturated carbocycles. The van der Waals surface area contributed by atoms with E-state index in [1.807, 2.05) is 0 Å². The van der Waals surface area contributed by atoms with Crippen molar-refractivity contribution in [1.82, 2.24) is 4.90 Å². The lowest BCUT2D eigenvalue weighted by atomic mass is 9.70. The first-order valence-corrected chi connectivity index (χ1v) is 12.7. The number of esters is 1. The summed E-state index contributed by atoms with van der Waals surface area (Å²) in [6.45, 7) is 5.92. The van der Waals surface area contributed by atoms with Gasteiger partial charge >= 0.3 is 5.97 Å². The van der Waals surface area contributed by atoms with Crippen molar-refractivity contribution in [3.05, 3.63) is 41.9 Å². The highest BCUT2D eigenvalue weighted by Crippen LogP contribution is 2.60. The summed E-state index contributed by atoms with van der Waals surface area (Å²) in [7, 11) is 0. The molecule has 3 saturated heterocycles. The number of aliphatic hydroxyl groups excluding tert-OH is 1. The minimum absolute atomic E-state index is 0.137. The van der Waals surface area contributed by atoms with Crippen LogP contribution in [-0.4, -0.2) is 76.7 Å². The average molecular weight is 556 g/mol. The van der Waals surface area contributed by atoms with Gasteiger partial charge in [-0.1, -0.05) is 33.6 Å². The zero-order valence-electron chi connectivity index (χ0n) is 18.9. The second-order valence-electron chi connectivity index (χ2n) is 8.74. The number of alkyl halides is 1. The van der Waals surface area contributed by atoms with Crippen molar-refractivity contribution in [2.45, 2.75) is 42.3 Å². The Morgan fingerprint density at radius 3 is 2.74 bits per heavy atom. The molecule has 8 nitrogen and oxygen atoms in total. The minimum atomic E-state index is -1.17. The first-order chi connectivity index (χ1) is 16.3. The normalized spacial score (nSPS) is 31.5. The first-order valence-electron chi connectivity index (χ1n) is 11.4. The molecule has 4 rings (SSSR count). The number of carbonyl (C=O) groups excluding carboxylic acids is 3. The van der Waals surface area contributed by atoms with Crippen LogP contribution in [0.2, 0.25) is 5.02 Å². The van der Waals surface area contributed by atoms with Gasteiger partial charge in [-0.05, 0) is 44.0 Å². The monoisotopic (exact) mass is 554 g/mol. The number of ether oxygens (including phenoxy) is 2. The van der Waals surface area contributed by atoms with Gasteiger partial charge in [0, 0.05) is 35.2 Å². The van der Waals surface area contributed by atoms with Crippen molar-refractivity contribution in [2.75, 3.05) is 31.2 Å². The van der Waals surface area contributed by atoms with Crippen LogP contribution in [0.5, 0.6) is 0 Å². The predicted molar refractivity (Wildman–Crippen MR) is 130 cm³/mol. The number of fused-ring (bicyclic) bond motifs is 1.